The molecule has 2 heterocycles. The zero-order chi connectivity index (χ0) is 22.8. The average molecular weight is 445 g/mol. The summed E-state index contributed by atoms with van der Waals surface area (Å²) in [6.07, 6.45) is -5.32. The monoisotopic (exact) mass is 445 g/mol. The highest BCUT2D eigenvalue weighted by Crippen LogP contribution is 2.35. The van der Waals surface area contributed by atoms with Crippen molar-refractivity contribution in [2.45, 2.75) is 31.3 Å². The number of piperidine rings is 1. The van der Waals surface area contributed by atoms with E-state index in [9.17, 15) is 36.6 Å². The quantitative estimate of drug-likeness (QED) is 0.687. The van der Waals surface area contributed by atoms with Crippen LogP contribution in [0.1, 0.15) is 30.1 Å². The van der Waals surface area contributed by atoms with E-state index in [2.05, 4.69) is 15.0 Å². The van der Waals surface area contributed by atoms with Gasteiger partial charge in [0.2, 0.25) is 5.91 Å². The molecule has 1 aliphatic rings. The maximum atomic E-state index is 14.6. The fourth-order valence-corrected chi connectivity index (χ4v) is 3.38. The molecular weight excluding hydrogens is 429 g/mol. The average Bonchev–Trinajstić information content (AvgIpc) is 2.68. The number of nitrogens with one attached hydrogen (secondary N) is 1. The van der Waals surface area contributed by atoms with E-state index >= 15 is 0 Å². The summed E-state index contributed by atoms with van der Waals surface area (Å²) < 4.78 is 69.8. The standard InChI is InChI=1S/C19H16F5N3O4/c20-12-2-1-7-25-16(12)17(27(18(29)30)11-4-6-15(28)26-9-11)10-3-5-14(13(21)8-10)31-19(22,23)24/h1-3,5,7-8,11,17H,4,6,9H2,(H,26,28)(H,29,30)/t11?,17-/m0/s1. The largest absolute Gasteiger partial charge is 0.573 e. The number of carbonyl (C=O) groups is 2. The minimum atomic E-state index is -5.14. The van der Waals surface area contributed by atoms with Crippen LogP contribution in [-0.2, 0) is 4.79 Å². The van der Waals surface area contributed by atoms with Crippen molar-refractivity contribution in [3.63, 3.8) is 0 Å². The molecule has 2 aromatic rings. The molecule has 0 aliphatic carbocycles. The normalized spacial score (nSPS) is 17.6. The molecule has 0 spiro atoms. The third-order valence-electron chi connectivity index (χ3n) is 4.68. The maximum Gasteiger partial charge on any atom is 0.573 e. The Morgan fingerprint density at radius 3 is 2.55 bits per heavy atom. The highest BCUT2D eigenvalue weighted by atomic mass is 19.4. The summed E-state index contributed by atoms with van der Waals surface area (Å²) in [6, 6.07) is 2.30. The Morgan fingerprint density at radius 2 is 2.00 bits per heavy atom. The Kier molecular flexibility index (Phi) is 6.27. The van der Waals surface area contributed by atoms with Gasteiger partial charge in [-0.3, -0.25) is 14.7 Å². The first-order chi connectivity index (χ1) is 14.6. The molecule has 166 valence electrons. The smallest absolute Gasteiger partial charge is 0.465 e. The molecule has 1 saturated heterocycles. The lowest BCUT2D eigenvalue weighted by Gasteiger charge is -2.38. The van der Waals surface area contributed by atoms with E-state index in [1.165, 1.54) is 12.3 Å². The molecule has 0 bridgehead atoms. The van der Waals surface area contributed by atoms with E-state index in [4.69, 9.17) is 0 Å². The molecule has 2 N–H and O–H groups in total. The first kappa shape index (κ1) is 22.2. The number of hydrogen-bond donors (Lipinski definition) is 2. The molecule has 0 saturated carbocycles. The molecule has 12 heteroatoms. The summed E-state index contributed by atoms with van der Waals surface area (Å²) in [5.74, 6) is -3.72. The van der Waals surface area contributed by atoms with Gasteiger partial charge in [-0.25, -0.2) is 13.6 Å². The molecule has 1 fully saturated rings. The Morgan fingerprint density at radius 1 is 1.26 bits per heavy atom. The topological polar surface area (TPSA) is 91.8 Å². The van der Waals surface area contributed by atoms with Gasteiger partial charge < -0.3 is 15.2 Å². The first-order valence-corrected chi connectivity index (χ1v) is 9.00. The summed E-state index contributed by atoms with van der Waals surface area (Å²) in [4.78, 5) is 28.3. The number of amides is 2. The zero-order valence-electron chi connectivity index (χ0n) is 15.7. The van der Waals surface area contributed by atoms with Gasteiger partial charge in [0.25, 0.3) is 0 Å². The second-order valence-corrected chi connectivity index (χ2v) is 6.70. The molecule has 1 aromatic heterocycles. The van der Waals surface area contributed by atoms with Crippen molar-refractivity contribution >= 4 is 12.0 Å². The molecule has 1 unspecified atom stereocenters. The van der Waals surface area contributed by atoms with Crippen LogP contribution in [-0.4, -0.2) is 45.9 Å². The molecule has 2 atom stereocenters. The van der Waals surface area contributed by atoms with E-state index in [0.717, 1.165) is 17.0 Å². The fourth-order valence-electron chi connectivity index (χ4n) is 3.38. The van der Waals surface area contributed by atoms with Crippen molar-refractivity contribution < 1.29 is 41.4 Å². The Hall–Kier alpha value is -3.44. The summed E-state index contributed by atoms with van der Waals surface area (Å²) in [6.45, 7) is -0.0756. The van der Waals surface area contributed by atoms with Gasteiger partial charge in [0, 0.05) is 19.2 Å². The third kappa shape index (κ3) is 5.19. The second kappa shape index (κ2) is 8.74. The lowest BCUT2D eigenvalue weighted by molar-refractivity contribution is -0.275. The van der Waals surface area contributed by atoms with E-state index < -0.39 is 41.9 Å². The number of benzene rings is 1. The number of rotatable bonds is 5. The van der Waals surface area contributed by atoms with Crippen molar-refractivity contribution in [1.29, 1.82) is 0 Å². The van der Waals surface area contributed by atoms with Gasteiger partial charge >= 0.3 is 12.5 Å². The summed E-state index contributed by atoms with van der Waals surface area (Å²) >= 11 is 0. The number of carboxylic acid groups (broad SMARTS) is 1. The maximum absolute atomic E-state index is 14.6. The third-order valence-corrected chi connectivity index (χ3v) is 4.68. The molecule has 2 amide bonds. The van der Waals surface area contributed by atoms with Gasteiger partial charge in [-0.1, -0.05) is 6.07 Å². The number of halogens is 5. The Balaban J connectivity index is 2.08. The molecular formula is C19H16F5N3O4. The zero-order valence-corrected chi connectivity index (χ0v) is 15.7. The number of aromatic nitrogens is 1. The Bertz CT molecular complexity index is 975. The van der Waals surface area contributed by atoms with Crippen LogP contribution in [0.3, 0.4) is 0 Å². The fraction of sp³-hybridized carbons (Fsp3) is 0.316. The van der Waals surface area contributed by atoms with Crippen LogP contribution < -0.4 is 10.1 Å². The first-order valence-electron chi connectivity index (χ1n) is 9.00. The number of alkyl halides is 3. The van der Waals surface area contributed by atoms with Crippen LogP contribution in [0.4, 0.5) is 26.7 Å². The lowest BCUT2D eigenvalue weighted by Crippen LogP contribution is -2.51. The predicted octanol–water partition coefficient (Wildman–Crippen LogP) is 3.61. The van der Waals surface area contributed by atoms with Gasteiger partial charge in [0.15, 0.2) is 11.6 Å². The van der Waals surface area contributed by atoms with Crippen LogP contribution in [0.2, 0.25) is 0 Å². The molecule has 7 nitrogen and oxygen atoms in total. The summed E-state index contributed by atoms with van der Waals surface area (Å²) in [5.41, 5.74) is -0.533. The van der Waals surface area contributed by atoms with Gasteiger partial charge in [-0.2, -0.15) is 0 Å². The van der Waals surface area contributed by atoms with Crippen molar-refractivity contribution in [2.24, 2.45) is 0 Å². The van der Waals surface area contributed by atoms with Gasteiger partial charge in [-0.15, -0.1) is 13.2 Å². The number of pyridine rings is 1. The SMILES string of the molecule is O=C1CCC(N(C(=O)O)[C@@H](c2ccc(OC(F)(F)F)c(F)c2)c2ncccc2F)CN1. The summed E-state index contributed by atoms with van der Waals surface area (Å²) in [5, 5.41) is 12.4. The highest BCUT2D eigenvalue weighted by Gasteiger charge is 2.38. The van der Waals surface area contributed by atoms with Crippen molar-refractivity contribution in [3.8, 4) is 5.75 Å². The minimum Gasteiger partial charge on any atom is -0.465 e. The molecule has 1 aliphatic heterocycles. The van der Waals surface area contributed by atoms with Crippen molar-refractivity contribution in [2.75, 3.05) is 6.54 Å². The van der Waals surface area contributed by atoms with Crippen molar-refractivity contribution in [3.05, 3.63) is 59.4 Å². The minimum absolute atomic E-state index is 0.0125. The van der Waals surface area contributed by atoms with Crippen molar-refractivity contribution in [1.82, 2.24) is 15.2 Å². The molecule has 0 radical (unpaired) electrons. The van der Waals surface area contributed by atoms with E-state index in [-0.39, 0.29) is 36.6 Å². The van der Waals surface area contributed by atoms with E-state index in [1.807, 2.05) is 0 Å². The van der Waals surface area contributed by atoms with Crippen LogP contribution in [0, 0.1) is 11.6 Å². The van der Waals surface area contributed by atoms with E-state index in [1.54, 1.807) is 0 Å². The lowest BCUT2D eigenvalue weighted by atomic mass is 9.96. The highest BCUT2D eigenvalue weighted by molar-refractivity contribution is 5.77. The second-order valence-electron chi connectivity index (χ2n) is 6.70. The van der Waals surface area contributed by atoms with Crippen LogP contribution in [0.5, 0.6) is 5.75 Å². The van der Waals surface area contributed by atoms with Gasteiger partial charge in [-0.05, 0) is 36.2 Å². The number of nitrogens with zero attached hydrogens (tertiary/aromatic N) is 2. The van der Waals surface area contributed by atoms with E-state index in [0.29, 0.717) is 12.1 Å². The van der Waals surface area contributed by atoms with Crippen LogP contribution >= 0.6 is 0 Å². The molecule has 3 rings (SSSR count). The van der Waals surface area contributed by atoms with Crippen LogP contribution in [0.25, 0.3) is 0 Å². The van der Waals surface area contributed by atoms with Gasteiger partial charge in [0.1, 0.15) is 17.6 Å². The Labute approximate surface area is 172 Å². The molecule has 31 heavy (non-hydrogen) atoms. The predicted molar refractivity (Wildman–Crippen MR) is 95.0 cm³/mol. The number of hydrogen-bond acceptors (Lipinski definition) is 4. The summed E-state index contributed by atoms with van der Waals surface area (Å²) in [7, 11) is 0. The number of carbonyl (C=O) groups excluding carboxylic acids is 1. The van der Waals surface area contributed by atoms with Gasteiger partial charge in [0.05, 0.1) is 6.04 Å². The van der Waals surface area contributed by atoms with Crippen LogP contribution in [0.15, 0.2) is 36.5 Å². The molecule has 1 aromatic carbocycles. The number of ether oxygens (including phenoxy) is 1.